The van der Waals surface area contributed by atoms with Crippen LogP contribution < -0.4 is 10.5 Å². The summed E-state index contributed by atoms with van der Waals surface area (Å²) in [5, 5.41) is -0.00856. The molecular formula is C17H15ClFN5O3S. The number of sulfonamides is 1. The van der Waals surface area contributed by atoms with Crippen LogP contribution in [0.25, 0.3) is 22.7 Å². The zero-order chi connectivity index (χ0) is 20.1. The molecule has 1 fully saturated rings. The molecule has 1 saturated carbocycles. The molecule has 146 valence electrons. The summed E-state index contributed by atoms with van der Waals surface area (Å²) in [6.45, 7) is 0. The predicted octanol–water partition coefficient (Wildman–Crippen LogP) is 3.42. The summed E-state index contributed by atoms with van der Waals surface area (Å²) in [7, 11) is -3.66. The van der Waals surface area contributed by atoms with Gasteiger partial charge in [0, 0.05) is 17.7 Å². The van der Waals surface area contributed by atoms with Crippen LogP contribution in [0.2, 0.25) is 5.02 Å². The van der Waals surface area contributed by atoms with Crippen molar-refractivity contribution < 1.29 is 17.2 Å². The van der Waals surface area contributed by atoms with E-state index in [-0.39, 0.29) is 39.6 Å². The van der Waals surface area contributed by atoms with Crippen molar-refractivity contribution in [2.75, 3.05) is 16.7 Å². The molecule has 2 heterocycles. The Morgan fingerprint density at radius 3 is 2.71 bits per heavy atom. The standard InChI is InChI=1S/C17H15ClFN5O3S/c1-28(25,26)24-12-7-9(19)6-10(13(12)18)14-15(11-4-5-21-17(20)22-11)27-16(23-14)8-2-3-8/h4-8,24H,2-3H2,1H3,(H2,20,21,22). The summed E-state index contributed by atoms with van der Waals surface area (Å²) in [5.74, 6) is 0.272. The van der Waals surface area contributed by atoms with E-state index in [9.17, 15) is 12.8 Å². The average Bonchev–Trinajstić information content (AvgIpc) is 3.35. The molecular weight excluding hydrogens is 409 g/mol. The van der Waals surface area contributed by atoms with Crippen LogP contribution in [0.15, 0.2) is 28.8 Å². The molecule has 28 heavy (non-hydrogen) atoms. The Balaban J connectivity index is 1.92. The molecule has 3 aromatic rings. The van der Waals surface area contributed by atoms with Gasteiger partial charge in [0.2, 0.25) is 16.0 Å². The minimum atomic E-state index is -3.66. The Hall–Kier alpha value is -2.72. The predicted molar refractivity (Wildman–Crippen MR) is 103 cm³/mol. The Bertz CT molecular complexity index is 1180. The van der Waals surface area contributed by atoms with Crippen molar-refractivity contribution in [2.24, 2.45) is 0 Å². The van der Waals surface area contributed by atoms with E-state index in [2.05, 4.69) is 19.7 Å². The lowest BCUT2D eigenvalue weighted by Crippen LogP contribution is -2.10. The lowest BCUT2D eigenvalue weighted by atomic mass is 10.1. The summed E-state index contributed by atoms with van der Waals surface area (Å²) in [6, 6.07) is 3.75. The third-order valence-electron chi connectivity index (χ3n) is 4.07. The number of nitrogen functional groups attached to an aromatic ring is 1. The van der Waals surface area contributed by atoms with Crippen LogP contribution in [0.4, 0.5) is 16.0 Å². The molecule has 0 aliphatic heterocycles. The quantitative estimate of drug-likeness (QED) is 0.644. The van der Waals surface area contributed by atoms with Gasteiger partial charge in [-0.15, -0.1) is 0 Å². The minimum absolute atomic E-state index is 0.00856. The largest absolute Gasteiger partial charge is 0.438 e. The van der Waals surface area contributed by atoms with Crippen molar-refractivity contribution in [3.63, 3.8) is 0 Å². The first kappa shape index (κ1) is 18.6. The van der Waals surface area contributed by atoms with Crippen molar-refractivity contribution in [3.05, 3.63) is 41.1 Å². The first-order chi connectivity index (χ1) is 13.2. The van der Waals surface area contributed by atoms with Crippen LogP contribution >= 0.6 is 11.6 Å². The normalized spacial score (nSPS) is 14.2. The third kappa shape index (κ3) is 3.78. The topological polar surface area (TPSA) is 124 Å². The van der Waals surface area contributed by atoms with Crippen LogP contribution in [-0.2, 0) is 10.0 Å². The molecule has 1 aliphatic rings. The molecule has 8 nitrogen and oxygen atoms in total. The number of nitrogens with one attached hydrogen (secondary N) is 1. The lowest BCUT2D eigenvalue weighted by Gasteiger charge is -2.10. The molecule has 0 atom stereocenters. The van der Waals surface area contributed by atoms with Gasteiger partial charge in [-0.3, -0.25) is 4.72 Å². The number of hydrogen-bond donors (Lipinski definition) is 2. The van der Waals surface area contributed by atoms with Gasteiger partial charge in [0.15, 0.2) is 11.7 Å². The summed E-state index contributed by atoms with van der Waals surface area (Å²) in [4.78, 5) is 12.5. The van der Waals surface area contributed by atoms with Crippen LogP contribution in [-0.4, -0.2) is 29.6 Å². The fraction of sp³-hybridized carbons (Fsp3) is 0.235. The first-order valence-corrected chi connectivity index (χ1v) is 10.5. The summed E-state index contributed by atoms with van der Waals surface area (Å²) in [6.07, 6.45) is 4.28. The zero-order valence-corrected chi connectivity index (χ0v) is 16.2. The molecule has 0 radical (unpaired) electrons. The Kier molecular flexibility index (Phi) is 4.47. The van der Waals surface area contributed by atoms with Gasteiger partial charge < -0.3 is 10.2 Å². The van der Waals surface area contributed by atoms with E-state index >= 15 is 0 Å². The highest BCUT2D eigenvalue weighted by molar-refractivity contribution is 7.92. The molecule has 4 rings (SSSR count). The second-order valence-corrected chi connectivity index (χ2v) is 8.62. The van der Waals surface area contributed by atoms with Gasteiger partial charge in [-0.2, -0.15) is 0 Å². The highest BCUT2D eigenvalue weighted by atomic mass is 35.5. The number of nitrogens with two attached hydrogens (primary N) is 1. The zero-order valence-electron chi connectivity index (χ0n) is 14.6. The van der Waals surface area contributed by atoms with Crippen molar-refractivity contribution >= 4 is 33.3 Å². The fourth-order valence-electron chi connectivity index (χ4n) is 2.73. The molecule has 1 aliphatic carbocycles. The van der Waals surface area contributed by atoms with Gasteiger partial charge in [0.25, 0.3) is 0 Å². The van der Waals surface area contributed by atoms with Crippen molar-refractivity contribution in [3.8, 4) is 22.7 Å². The molecule has 11 heteroatoms. The lowest BCUT2D eigenvalue weighted by molar-refractivity contribution is 0.508. The molecule has 3 N–H and O–H groups in total. The maximum Gasteiger partial charge on any atom is 0.229 e. The second-order valence-electron chi connectivity index (χ2n) is 6.49. The smallest absolute Gasteiger partial charge is 0.229 e. The fourth-order valence-corrected chi connectivity index (χ4v) is 3.60. The maximum atomic E-state index is 14.2. The van der Waals surface area contributed by atoms with Gasteiger partial charge >= 0.3 is 0 Å². The molecule has 0 amide bonds. The number of nitrogens with zero attached hydrogens (tertiary/aromatic N) is 3. The molecule has 0 unspecified atom stereocenters. The molecule has 2 aromatic heterocycles. The van der Waals surface area contributed by atoms with E-state index in [1.165, 1.54) is 12.3 Å². The van der Waals surface area contributed by atoms with Crippen LogP contribution in [0.3, 0.4) is 0 Å². The van der Waals surface area contributed by atoms with Crippen molar-refractivity contribution in [2.45, 2.75) is 18.8 Å². The second kappa shape index (κ2) is 6.71. The minimum Gasteiger partial charge on any atom is -0.438 e. The van der Waals surface area contributed by atoms with Gasteiger partial charge in [-0.25, -0.2) is 27.8 Å². The number of aromatic nitrogens is 3. The molecule has 0 saturated heterocycles. The highest BCUT2D eigenvalue weighted by Gasteiger charge is 2.32. The molecule has 1 aromatic carbocycles. The van der Waals surface area contributed by atoms with Crippen LogP contribution in [0.5, 0.6) is 0 Å². The number of rotatable bonds is 5. The van der Waals surface area contributed by atoms with E-state index in [0.717, 1.165) is 25.2 Å². The van der Waals surface area contributed by atoms with Crippen LogP contribution in [0, 0.1) is 5.82 Å². The summed E-state index contributed by atoms with van der Waals surface area (Å²) < 4.78 is 45.5. The van der Waals surface area contributed by atoms with Gasteiger partial charge in [-0.05, 0) is 31.0 Å². The maximum absolute atomic E-state index is 14.2. The monoisotopic (exact) mass is 423 g/mol. The number of halogens is 2. The number of anilines is 2. The van der Waals surface area contributed by atoms with E-state index in [1.54, 1.807) is 6.07 Å². The summed E-state index contributed by atoms with van der Waals surface area (Å²) in [5.41, 5.74) is 6.36. The van der Waals surface area contributed by atoms with Crippen LogP contribution in [0.1, 0.15) is 24.7 Å². The Labute approximate surface area is 165 Å². The van der Waals surface area contributed by atoms with Crippen molar-refractivity contribution in [1.82, 2.24) is 15.0 Å². The molecule has 0 spiro atoms. The van der Waals surface area contributed by atoms with Gasteiger partial charge in [0.05, 0.1) is 17.0 Å². The van der Waals surface area contributed by atoms with E-state index in [1.807, 2.05) is 0 Å². The van der Waals surface area contributed by atoms with Crippen molar-refractivity contribution in [1.29, 1.82) is 0 Å². The van der Waals surface area contributed by atoms with Gasteiger partial charge in [0.1, 0.15) is 17.2 Å². The highest BCUT2D eigenvalue weighted by Crippen LogP contribution is 2.45. The Morgan fingerprint density at radius 1 is 1.32 bits per heavy atom. The SMILES string of the molecule is CS(=O)(=O)Nc1cc(F)cc(-c2nc(C3CC3)oc2-c2ccnc(N)n2)c1Cl. The number of benzene rings is 1. The van der Waals surface area contributed by atoms with E-state index in [4.69, 9.17) is 21.8 Å². The average molecular weight is 424 g/mol. The first-order valence-electron chi connectivity index (χ1n) is 8.28. The van der Waals surface area contributed by atoms with Gasteiger partial charge in [-0.1, -0.05) is 11.6 Å². The number of hydrogen-bond acceptors (Lipinski definition) is 7. The number of oxazole rings is 1. The molecule has 0 bridgehead atoms. The summed E-state index contributed by atoms with van der Waals surface area (Å²) >= 11 is 6.38. The third-order valence-corrected chi connectivity index (χ3v) is 5.06. The van der Waals surface area contributed by atoms with E-state index in [0.29, 0.717) is 11.6 Å². The Morgan fingerprint density at radius 2 is 2.07 bits per heavy atom. The van der Waals surface area contributed by atoms with E-state index < -0.39 is 15.8 Å².